The number of hydrogen-bond acceptors (Lipinski definition) is 6. The summed E-state index contributed by atoms with van der Waals surface area (Å²) >= 11 is 0. The fourth-order valence-electron chi connectivity index (χ4n) is 4.19. The number of ether oxygens (including phenoxy) is 3. The largest absolute Gasteiger partial charge is 0.377 e. The highest BCUT2D eigenvalue weighted by Gasteiger charge is 2.42. The summed E-state index contributed by atoms with van der Waals surface area (Å²) in [6, 6.07) is 0. The van der Waals surface area contributed by atoms with Crippen LogP contribution in [0.4, 0.5) is 0 Å². The minimum Gasteiger partial charge on any atom is -0.377 e. The first-order chi connectivity index (χ1) is 11.4. The van der Waals surface area contributed by atoms with Gasteiger partial charge in [-0.3, -0.25) is 4.18 Å². The first-order valence-electron chi connectivity index (χ1n) is 9.02. The molecule has 0 spiro atoms. The normalized spacial score (nSPS) is 30.4. The molecule has 0 heterocycles. The second-order valence-corrected chi connectivity index (χ2v) is 8.93. The topological polar surface area (TPSA) is 71.1 Å². The zero-order valence-corrected chi connectivity index (χ0v) is 15.8. The third-order valence-electron chi connectivity index (χ3n) is 4.89. The molecule has 24 heavy (non-hydrogen) atoms. The van der Waals surface area contributed by atoms with Gasteiger partial charge in [0.15, 0.2) is 0 Å². The van der Waals surface area contributed by atoms with Crippen molar-refractivity contribution in [1.82, 2.24) is 0 Å². The summed E-state index contributed by atoms with van der Waals surface area (Å²) in [5.41, 5.74) is 0.101. The van der Waals surface area contributed by atoms with Crippen molar-refractivity contribution in [2.75, 3.05) is 45.9 Å². The Hall–Kier alpha value is -0.210. The molecule has 0 aromatic carbocycles. The molecular weight excluding hydrogens is 332 g/mol. The summed E-state index contributed by atoms with van der Waals surface area (Å²) in [5.74, 6) is 1.62. The van der Waals surface area contributed by atoms with E-state index in [1.807, 2.05) is 0 Å². The summed E-state index contributed by atoms with van der Waals surface area (Å²) in [7, 11) is -3.38. The highest BCUT2D eigenvalue weighted by molar-refractivity contribution is 7.85. The molecule has 2 saturated carbocycles. The van der Waals surface area contributed by atoms with Crippen LogP contribution in [0.1, 0.15) is 45.4 Å². The van der Waals surface area contributed by atoms with Gasteiger partial charge in [-0.25, -0.2) is 0 Å². The second-order valence-electron chi connectivity index (χ2n) is 7.29. The third kappa shape index (κ3) is 7.35. The summed E-state index contributed by atoms with van der Waals surface area (Å²) in [6.45, 7) is 4.75. The molecule has 2 aliphatic carbocycles. The molecule has 2 bridgehead atoms. The van der Waals surface area contributed by atoms with Gasteiger partial charge in [-0.05, 0) is 37.5 Å². The summed E-state index contributed by atoms with van der Waals surface area (Å²) in [4.78, 5) is 0. The molecular formula is C17H32O6S. The Labute approximate surface area is 146 Å². The molecule has 2 aliphatic rings. The molecule has 0 N–H and O–H groups in total. The lowest BCUT2D eigenvalue weighted by atomic mass is 9.65. The lowest BCUT2D eigenvalue weighted by molar-refractivity contribution is -0.129. The van der Waals surface area contributed by atoms with Gasteiger partial charge < -0.3 is 14.2 Å². The van der Waals surface area contributed by atoms with Crippen LogP contribution in [-0.2, 0) is 28.5 Å². The maximum Gasteiger partial charge on any atom is 0.264 e. The molecule has 0 aromatic heterocycles. The Morgan fingerprint density at radius 1 is 1.00 bits per heavy atom. The van der Waals surface area contributed by atoms with E-state index in [9.17, 15) is 8.42 Å². The maximum atomic E-state index is 10.7. The van der Waals surface area contributed by atoms with Crippen LogP contribution in [0, 0.1) is 11.8 Å². The molecule has 0 aliphatic heterocycles. The highest BCUT2D eigenvalue weighted by Crippen LogP contribution is 2.47. The molecule has 6 nitrogen and oxygen atoms in total. The predicted molar refractivity (Wildman–Crippen MR) is 91.5 cm³/mol. The smallest absolute Gasteiger partial charge is 0.264 e. The minimum atomic E-state index is -3.38. The zero-order valence-electron chi connectivity index (χ0n) is 15.0. The first kappa shape index (κ1) is 20.1. The van der Waals surface area contributed by atoms with E-state index >= 15 is 0 Å². The minimum absolute atomic E-state index is 0.0455. The van der Waals surface area contributed by atoms with E-state index in [4.69, 9.17) is 14.2 Å². The third-order valence-corrected chi connectivity index (χ3v) is 5.49. The van der Waals surface area contributed by atoms with Crippen LogP contribution in [0.3, 0.4) is 0 Å². The first-order valence-corrected chi connectivity index (χ1v) is 10.8. The van der Waals surface area contributed by atoms with Gasteiger partial charge in [0.1, 0.15) is 0 Å². The lowest BCUT2D eigenvalue weighted by Crippen LogP contribution is -2.44. The van der Waals surface area contributed by atoms with E-state index in [2.05, 4.69) is 11.1 Å². The Morgan fingerprint density at radius 3 is 2.38 bits per heavy atom. The summed E-state index contributed by atoms with van der Waals surface area (Å²) in [6.07, 6.45) is 8.65. The molecule has 0 aromatic rings. The fraction of sp³-hybridized carbons (Fsp3) is 1.00. The van der Waals surface area contributed by atoms with Gasteiger partial charge in [-0.2, -0.15) is 8.42 Å². The van der Waals surface area contributed by atoms with Crippen molar-refractivity contribution >= 4 is 10.1 Å². The fourth-order valence-corrected chi connectivity index (χ4v) is 4.56. The monoisotopic (exact) mass is 364 g/mol. The van der Waals surface area contributed by atoms with E-state index in [0.29, 0.717) is 26.4 Å². The van der Waals surface area contributed by atoms with Gasteiger partial charge in [-0.15, -0.1) is 0 Å². The van der Waals surface area contributed by atoms with Gasteiger partial charge in [0.05, 0.1) is 51.5 Å². The standard InChI is InChI=1S/C17H32O6S/c1-15-12-16-4-3-5-17(13-15,14-16)22-10-8-20-6-7-21-9-11-23-24(2,18)19/h15-16H,3-14H2,1-2H3. The van der Waals surface area contributed by atoms with Gasteiger partial charge in [0.25, 0.3) is 10.1 Å². The SMILES string of the molecule is CC1CC2CCCC(OCCOCCOCCOS(C)(=O)=O)(C1)C2. The summed E-state index contributed by atoms with van der Waals surface area (Å²) < 4.78 is 43.1. The van der Waals surface area contributed by atoms with Crippen molar-refractivity contribution in [1.29, 1.82) is 0 Å². The second kappa shape index (κ2) is 9.48. The van der Waals surface area contributed by atoms with E-state index < -0.39 is 10.1 Å². The van der Waals surface area contributed by atoms with Gasteiger partial charge in [0.2, 0.25) is 0 Å². The van der Waals surface area contributed by atoms with Crippen LogP contribution in [0.5, 0.6) is 0 Å². The quantitative estimate of drug-likeness (QED) is 0.414. The number of hydrogen-bond donors (Lipinski definition) is 0. The summed E-state index contributed by atoms with van der Waals surface area (Å²) in [5, 5.41) is 0. The molecule has 3 atom stereocenters. The molecule has 142 valence electrons. The van der Waals surface area contributed by atoms with Crippen LogP contribution in [-0.4, -0.2) is 59.9 Å². The van der Waals surface area contributed by atoms with E-state index in [1.54, 1.807) is 0 Å². The molecule has 7 heteroatoms. The van der Waals surface area contributed by atoms with Crippen LogP contribution in [0.25, 0.3) is 0 Å². The molecule has 0 amide bonds. The highest BCUT2D eigenvalue weighted by atomic mass is 32.2. The maximum absolute atomic E-state index is 10.7. The predicted octanol–water partition coefficient (Wildman–Crippen LogP) is 2.37. The van der Waals surface area contributed by atoms with Gasteiger partial charge in [-0.1, -0.05) is 19.8 Å². The van der Waals surface area contributed by atoms with Crippen LogP contribution in [0.2, 0.25) is 0 Å². The van der Waals surface area contributed by atoms with Gasteiger partial charge in [0, 0.05) is 0 Å². The van der Waals surface area contributed by atoms with Crippen LogP contribution >= 0.6 is 0 Å². The van der Waals surface area contributed by atoms with Crippen LogP contribution < -0.4 is 0 Å². The van der Waals surface area contributed by atoms with E-state index in [1.165, 1.54) is 38.5 Å². The Bertz CT molecular complexity index is 462. The van der Waals surface area contributed by atoms with Crippen LogP contribution in [0.15, 0.2) is 0 Å². The Kier molecular flexibility index (Phi) is 7.94. The van der Waals surface area contributed by atoms with Crippen molar-refractivity contribution in [3.8, 4) is 0 Å². The number of rotatable bonds is 11. The van der Waals surface area contributed by atoms with Crippen molar-refractivity contribution in [3.63, 3.8) is 0 Å². The van der Waals surface area contributed by atoms with Crippen molar-refractivity contribution in [2.45, 2.75) is 51.0 Å². The van der Waals surface area contributed by atoms with Gasteiger partial charge >= 0.3 is 0 Å². The molecule has 0 saturated heterocycles. The molecule has 2 rings (SSSR count). The average molecular weight is 365 g/mol. The molecule has 2 fully saturated rings. The Morgan fingerprint density at radius 2 is 1.67 bits per heavy atom. The van der Waals surface area contributed by atoms with Crippen molar-refractivity contribution in [3.05, 3.63) is 0 Å². The number of fused-ring (bicyclic) bond motifs is 2. The van der Waals surface area contributed by atoms with Crippen molar-refractivity contribution < 1.29 is 26.8 Å². The van der Waals surface area contributed by atoms with E-state index in [0.717, 1.165) is 18.1 Å². The molecule has 0 radical (unpaired) electrons. The van der Waals surface area contributed by atoms with Crippen molar-refractivity contribution in [2.24, 2.45) is 11.8 Å². The average Bonchev–Trinajstić information content (AvgIpc) is 2.47. The Balaban J connectivity index is 1.48. The zero-order chi connectivity index (χ0) is 17.5. The lowest BCUT2D eigenvalue weighted by Gasteiger charge is -2.47. The van der Waals surface area contributed by atoms with E-state index in [-0.39, 0.29) is 18.8 Å². The molecule has 3 unspecified atom stereocenters.